The maximum Gasteiger partial charge on any atom is 0.253 e. The highest BCUT2D eigenvalue weighted by atomic mass is 16.6. The van der Waals surface area contributed by atoms with Crippen molar-refractivity contribution in [3.8, 4) is 0 Å². The van der Waals surface area contributed by atoms with Gasteiger partial charge in [0.1, 0.15) is 11.0 Å². The SMILES string of the molecule is CN(C(=O)c1ccc2nonc2c1)[C@H]1CC[C@@H](O)CC1. The molecule has 0 spiro atoms. The number of aliphatic hydroxyl groups excluding tert-OH is 1. The summed E-state index contributed by atoms with van der Waals surface area (Å²) in [5.74, 6) is -0.0312. The average Bonchev–Trinajstić information content (AvgIpc) is 2.94. The van der Waals surface area contributed by atoms with Crippen LogP contribution in [0.5, 0.6) is 0 Å². The fourth-order valence-corrected chi connectivity index (χ4v) is 2.73. The van der Waals surface area contributed by atoms with Gasteiger partial charge in [-0.1, -0.05) is 0 Å². The maximum atomic E-state index is 12.5. The highest BCUT2D eigenvalue weighted by Gasteiger charge is 2.26. The quantitative estimate of drug-likeness (QED) is 0.900. The standard InChI is InChI=1S/C14H17N3O3/c1-17(10-3-5-11(18)6-4-10)14(19)9-2-7-12-13(8-9)16-20-15-12/h2,7-8,10-11,18H,3-6H2,1H3/t10-,11+. The molecule has 1 aromatic carbocycles. The second-order valence-electron chi connectivity index (χ2n) is 5.35. The first-order chi connectivity index (χ1) is 9.65. The fraction of sp³-hybridized carbons (Fsp3) is 0.500. The Morgan fingerprint density at radius 2 is 1.95 bits per heavy atom. The van der Waals surface area contributed by atoms with E-state index in [2.05, 4.69) is 14.9 Å². The molecule has 1 N–H and O–H groups in total. The van der Waals surface area contributed by atoms with Gasteiger partial charge in [0.2, 0.25) is 0 Å². The maximum absolute atomic E-state index is 12.5. The van der Waals surface area contributed by atoms with Gasteiger partial charge in [-0.15, -0.1) is 0 Å². The first-order valence-corrected chi connectivity index (χ1v) is 6.82. The van der Waals surface area contributed by atoms with Gasteiger partial charge in [-0.25, -0.2) is 4.63 Å². The van der Waals surface area contributed by atoms with E-state index in [9.17, 15) is 9.90 Å². The molecule has 0 bridgehead atoms. The number of amides is 1. The molecule has 106 valence electrons. The van der Waals surface area contributed by atoms with Crippen molar-refractivity contribution in [1.29, 1.82) is 0 Å². The van der Waals surface area contributed by atoms with E-state index in [0.29, 0.717) is 16.6 Å². The van der Waals surface area contributed by atoms with Crippen molar-refractivity contribution in [3.05, 3.63) is 23.8 Å². The summed E-state index contributed by atoms with van der Waals surface area (Å²) in [7, 11) is 1.82. The first-order valence-electron chi connectivity index (χ1n) is 6.82. The number of nitrogens with zero attached hydrogens (tertiary/aromatic N) is 3. The number of fused-ring (bicyclic) bond motifs is 1. The van der Waals surface area contributed by atoms with Crippen molar-refractivity contribution < 1.29 is 14.5 Å². The molecule has 2 aromatic rings. The Labute approximate surface area is 116 Å². The highest BCUT2D eigenvalue weighted by molar-refractivity contribution is 5.97. The van der Waals surface area contributed by atoms with Crippen LogP contribution in [-0.2, 0) is 0 Å². The van der Waals surface area contributed by atoms with Gasteiger partial charge >= 0.3 is 0 Å². The fourth-order valence-electron chi connectivity index (χ4n) is 2.73. The van der Waals surface area contributed by atoms with E-state index in [-0.39, 0.29) is 18.1 Å². The van der Waals surface area contributed by atoms with Crippen molar-refractivity contribution >= 4 is 16.9 Å². The predicted molar refractivity (Wildman–Crippen MR) is 72.2 cm³/mol. The van der Waals surface area contributed by atoms with Crippen LogP contribution < -0.4 is 0 Å². The summed E-state index contributed by atoms with van der Waals surface area (Å²) in [5.41, 5.74) is 1.81. The van der Waals surface area contributed by atoms with E-state index in [4.69, 9.17) is 0 Å². The van der Waals surface area contributed by atoms with Crippen molar-refractivity contribution in [1.82, 2.24) is 15.2 Å². The van der Waals surface area contributed by atoms with Gasteiger partial charge in [-0.3, -0.25) is 4.79 Å². The summed E-state index contributed by atoms with van der Waals surface area (Å²) in [6.07, 6.45) is 2.99. The smallest absolute Gasteiger partial charge is 0.253 e. The summed E-state index contributed by atoms with van der Waals surface area (Å²) in [6, 6.07) is 5.36. The number of hydrogen-bond acceptors (Lipinski definition) is 5. The van der Waals surface area contributed by atoms with Crippen molar-refractivity contribution in [2.24, 2.45) is 0 Å². The van der Waals surface area contributed by atoms with E-state index >= 15 is 0 Å². The monoisotopic (exact) mass is 275 g/mol. The summed E-state index contributed by atoms with van der Waals surface area (Å²) < 4.78 is 4.64. The van der Waals surface area contributed by atoms with Gasteiger partial charge < -0.3 is 10.0 Å². The van der Waals surface area contributed by atoms with Crippen molar-refractivity contribution in [2.45, 2.75) is 37.8 Å². The molecule has 0 atom stereocenters. The highest BCUT2D eigenvalue weighted by Crippen LogP contribution is 2.24. The third-order valence-electron chi connectivity index (χ3n) is 4.04. The molecule has 1 aliphatic rings. The van der Waals surface area contributed by atoms with E-state index < -0.39 is 0 Å². The van der Waals surface area contributed by atoms with E-state index in [1.165, 1.54) is 0 Å². The minimum absolute atomic E-state index is 0.0312. The molecule has 0 aliphatic heterocycles. The minimum atomic E-state index is -0.215. The molecule has 6 heteroatoms. The van der Waals surface area contributed by atoms with Gasteiger partial charge in [0, 0.05) is 18.7 Å². The molecule has 1 amide bonds. The molecule has 3 rings (SSSR count). The molecule has 1 saturated carbocycles. The predicted octanol–water partition coefficient (Wildman–Crippen LogP) is 1.60. The number of aromatic nitrogens is 2. The molecule has 0 saturated heterocycles. The Hall–Kier alpha value is -1.95. The number of hydrogen-bond donors (Lipinski definition) is 1. The summed E-state index contributed by atoms with van der Waals surface area (Å²) in [4.78, 5) is 14.2. The zero-order valence-corrected chi connectivity index (χ0v) is 11.3. The minimum Gasteiger partial charge on any atom is -0.393 e. The Balaban J connectivity index is 1.77. The Kier molecular flexibility index (Phi) is 3.40. The van der Waals surface area contributed by atoms with Gasteiger partial charge in [0.15, 0.2) is 0 Å². The second kappa shape index (κ2) is 5.20. The molecule has 20 heavy (non-hydrogen) atoms. The largest absolute Gasteiger partial charge is 0.393 e. The van der Waals surface area contributed by atoms with Crippen LogP contribution >= 0.6 is 0 Å². The lowest BCUT2D eigenvalue weighted by Gasteiger charge is -2.33. The Bertz CT molecular complexity index is 617. The zero-order valence-electron chi connectivity index (χ0n) is 11.3. The number of carbonyl (C=O) groups is 1. The lowest BCUT2D eigenvalue weighted by molar-refractivity contribution is 0.0569. The van der Waals surface area contributed by atoms with Crippen LogP contribution in [0.3, 0.4) is 0 Å². The average molecular weight is 275 g/mol. The molecule has 6 nitrogen and oxygen atoms in total. The van der Waals surface area contributed by atoms with Gasteiger partial charge in [0.05, 0.1) is 6.10 Å². The summed E-state index contributed by atoms with van der Waals surface area (Å²) >= 11 is 0. The topological polar surface area (TPSA) is 79.5 Å². The molecule has 1 fully saturated rings. The van der Waals surface area contributed by atoms with Gasteiger partial charge in [-0.2, -0.15) is 0 Å². The third kappa shape index (κ3) is 2.38. The Morgan fingerprint density at radius 3 is 2.70 bits per heavy atom. The van der Waals surface area contributed by atoms with Crippen LogP contribution in [0.1, 0.15) is 36.0 Å². The second-order valence-corrected chi connectivity index (χ2v) is 5.35. The Morgan fingerprint density at radius 1 is 1.25 bits per heavy atom. The molecule has 1 aliphatic carbocycles. The zero-order chi connectivity index (χ0) is 14.1. The summed E-state index contributed by atoms with van der Waals surface area (Å²) in [6.45, 7) is 0. The van der Waals surface area contributed by atoms with E-state index in [0.717, 1.165) is 25.7 Å². The molecular formula is C14H17N3O3. The normalized spacial score (nSPS) is 22.9. The first kappa shape index (κ1) is 13.1. The van der Waals surface area contributed by atoms with Gasteiger partial charge in [-0.05, 0) is 54.2 Å². The molecule has 1 aromatic heterocycles. The van der Waals surface area contributed by atoms with Crippen LogP contribution in [-0.4, -0.2) is 45.4 Å². The molecule has 0 unspecified atom stereocenters. The van der Waals surface area contributed by atoms with Crippen LogP contribution in [0.2, 0.25) is 0 Å². The molecular weight excluding hydrogens is 258 g/mol. The van der Waals surface area contributed by atoms with E-state index in [1.807, 2.05) is 7.05 Å². The van der Waals surface area contributed by atoms with Crippen molar-refractivity contribution in [3.63, 3.8) is 0 Å². The van der Waals surface area contributed by atoms with Crippen LogP contribution in [0.25, 0.3) is 11.0 Å². The van der Waals surface area contributed by atoms with Crippen LogP contribution in [0, 0.1) is 0 Å². The molecule has 0 radical (unpaired) electrons. The van der Waals surface area contributed by atoms with E-state index in [1.54, 1.807) is 23.1 Å². The number of rotatable bonds is 2. The lowest BCUT2D eigenvalue weighted by atomic mass is 9.92. The number of aliphatic hydroxyl groups is 1. The summed E-state index contributed by atoms with van der Waals surface area (Å²) in [5, 5.41) is 17.0. The number of benzene rings is 1. The van der Waals surface area contributed by atoms with Crippen molar-refractivity contribution in [2.75, 3.05) is 7.05 Å². The van der Waals surface area contributed by atoms with Crippen LogP contribution in [0.4, 0.5) is 0 Å². The lowest BCUT2D eigenvalue weighted by Crippen LogP contribution is -2.40. The number of carbonyl (C=O) groups excluding carboxylic acids is 1. The molecule has 1 heterocycles. The van der Waals surface area contributed by atoms with Crippen LogP contribution in [0.15, 0.2) is 22.8 Å². The third-order valence-corrected chi connectivity index (χ3v) is 4.04. The van der Waals surface area contributed by atoms with Gasteiger partial charge in [0.25, 0.3) is 5.91 Å².